The van der Waals surface area contributed by atoms with E-state index >= 15 is 0 Å². The molecule has 0 amide bonds. The van der Waals surface area contributed by atoms with E-state index in [9.17, 15) is 0 Å². The highest BCUT2D eigenvalue weighted by molar-refractivity contribution is 9.10. The number of rotatable bonds is 7. The van der Waals surface area contributed by atoms with Crippen LogP contribution in [-0.4, -0.2) is 24.5 Å². The number of hydrogen-bond acceptors (Lipinski definition) is 1. The summed E-state index contributed by atoms with van der Waals surface area (Å²) >= 11 is 16.0. The number of hydrogen-bond donors (Lipinski definition) is 0. The first-order chi connectivity index (χ1) is 9.70. The zero-order valence-corrected chi connectivity index (χ0v) is 14.7. The molecule has 0 bridgehead atoms. The van der Waals surface area contributed by atoms with Crippen molar-refractivity contribution in [1.82, 2.24) is 0 Å². The van der Waals surface area contributed by atoms with E-state index in [4.69, 9.17) is 27.9 Å². The first-order valence-electron chi connectivity index (χ1n) is 7.20. The van der Waals surface area contributed by atoms with Crippen LogP contribution >= 0.6 is 39.1 Å². The summed E-state index contributed by atoms with van der Waals surface area (Å²) in [5, 5.41) is 0. The number of benzene rings is 1. The molecule has 2 rings (SSSR count). The molecule has 1 aliphatic rings. The molecule has 0 N–H and O–H groups in total. The Morgan fingerprint density at radius 2 is 1.90 bits per heavy atom. The van der Waals surface area contributed by atoms with Crippen LogP contribution in [0.2, 0.25) is 0 Å². The van der Waals surface area contributed by atoms with Gasteiger partial charge in [0.15, 0.2) is 0 Å². The highest BCUT2D eigenvalue weighted by Gasteiger charge is 2.30. The third kappa shape index (κ3) is 4.13. The van der Waals surface area contributed by atoms with Gasteiger partial charge in [0.1, 0.15) is 0 Å². The number of alkyl halides is 2. The number of ether oxygens (including phenoxy) is 1. The average Bonchev–Trinajstić information content (AvgIpc) is 2.98. The molecule has 20 heavy (non-hydrogen) atoms. The molecule has 0 radical (unpaired) electrons. The van der Waals surface area contributed by atoms with Crippen LogP contribution in [-0.2, 0) is 10.2 Å². The van der Waals surface area contributed by atoms with Crippen molar-refractivity contribution in [3.8, 4) is 0 Å². The van der Waals surface area contributed by atoms with Gasteiger partial charge < -0.3 is 4.74 Å². The molecule has 1 aromatic rings. The molecular formula is C16H21BrCl2O. The first-order valence-corrected chi connectivity index (χ1v) is 9.06. The zero-order chi connectivity index (χ0) is 14.4. The Morgan fingerprint density at radius 1 is 1.20 bits per heavy atom. The fourth-order valence-corrected chi connectivity index (χ4v) is 3.94. The Labute approximate surface area is 140 Å². The maximum atomic E-state index is 6.27. The van der Waals surface area contributed by atoms with Gasteiger partial charge in [-0.15, -0.1) is 23.2 Å². The molecule has 1 fully saturated rings. The van der Waals surface area contributed by atoms with Crippen LogP contribution in [0.25, 0.3) is 0 Å². The van der Waals surface area contributed by atoms with Crippen molar-refractivity contribution in [2.75, 3.05) is 18.4 Å². The van der Waals surface area contributed by atoms with Crippen molar-refractivity contribution in [3.63, 3.8) is 0 Å². The minimum atomic E-state index is -0.123. The van der Waals surface area contributed by atoms with E-state index in [0.29, 0.717) is 17.9 Å². The molecule has 1 aliphatic heterocycles. The van der Waals surface area contributed by atoms with E-state index in [1.165, 1.54) is 18.4 Å². The Balaban J connectivity index is 1.98. The van der Waals surface area contributed by atoms with Gasteiger partial charge in [-0.3, -0.25) is 0 Å². The van der Waals surface area contributed by atoms with E-state index in [2.05, 4.69) is 40.2 Å². The van der Waals surface area contributed by atoms with Crippen molar-refractivity contribution in [1.29, 1.82) is 0 Å². The summed E-state index contributed by atoms with van der Waals surface area (Å²) in [7, 11) is 0. The van der Waals surface area contributed by atoms with Crippen LogP contribution in [0, 0.1) is 0 Å². The SMILES string of the molecule is ClCC(CCl)(CCCC1CCCO1)c1ccc(Br)cc1. The van der Waals surface area contributed by atoms with E-state index in [1.54, 1.807) is 0 Å². The summed E-state index contributed by atoms with van der Waals surface area (Å²) in [4.78, 5) is 0. The summed E-state index contributed by atoms with van der Waals surface area (Å²) in [6, 6.07) is 8.37. The lowest BCUT2D eigenvalue weighted by molar-refractivity contribution is 0.101. The van der Waals surface area contributed by atoms with Crippen LogP contribution in [0.4, 0.5) is 0 Å². The predicted molar refractivity (Wildman–Crippen MR) is 90.1 cm³/mol. The summed E-state index contributed by atoms with van der Waals surface area (Å²) in [5.74, 6) is 1.12. The Morgan fingerprint density at radius 3 is 2.45 bits per heavy atom. The van der Waals surface area contributed by atoms with Crippen molar-refractivity contribution >= 4 is 39.1 Å². The molecule has 1 heterocycles. The van der Waals surface area contributed by atoms with Crippen LogP contribution < -0.4 is 0 Å². The molecule has 112 valence electrons. The lowest BCUT2D eigenvalue weighted by Gasteiger charge is -2.30. The van der Waals surface area contributed by atoms with Crippen LogP contribution in [0.5, 0.6) is 0 Å². The molecule has 0 spiro atoms. The predicted octanol–water partition coefficient (Wildman–Crippen LogP) is 5.51. The van der Waals surface area contributed by atoms with Gasteiger partial charge in [-0.1, -0.05) is 28.1 Å². The first kappa shape index (κ1) is 16.6. The lowest BCUT2D eigenvalue weighted by atomic mass is 9.79. The molecule has 0 saturated carbocycles. The number of halogens is 3. The molecule has 1 saturated heterocycles. The fourth-order valence-electron chi connectivity index (χ4n) is 2.81. The molecule has 1 aromatic carbocycles. The maximum absolute atomic E-state index is 6.27. The van der Waals surface area contributed by atoms with Gasteiger partial charge in [-0.25, -0.2) is 0 Å². The molecule has 1 nitrogen and oxygen atoms in total. The van der Waals surface area contributed by atoms with Gasteiger partial charge in [-0.2, -0.15) is 0 Å². The maximum Gasteiger partial charge on any atom is 0.0576 e. The Kier molecular flexibility index (Phi) is 6.67. The monoisotopic (exact) mass is 378 g/mol. The molecular weight excluding hydrogens is 359 g/mol. The van der Waals surface area contributed by atoms with E-state index in [0.717, 1.165) is 30.3 Å². The second-order valence-corrected chi connectivity index (χ2v) is 7.03. The highest BCUT2D eigenvalue weighted by Crippen LogP contribution is 2.34. The Hall–Kier alpha value is 0.240. The van der Waals surface area contributed by atoms with Gasteiger partial charge in [-0.05, 0) is 49.8 Å². The molecule has 0 aromatic heterocycles. The standard InChI is InChI=1S/C16H21BrCl2O/c17-14-7-5-13(6-8-14)16(11-18,12-19)9-1-3-15-4-2-10-20-15/h5-8,15H,1-4,9-12H2. The minimum absolute atomic E-state index is 0.123. The smallest absolute Gasteiger partial charge is 0.0576 e. The van der Waals surface area contributed by atoms with Crippen LogP contribution in [0.1, 0.15) is 37.7 Å². The van der Waals surface area contributed by atoms with E-state index < -0.39 is 0 Å². The second kappa shape index (κ2) is 8.03. The van der Waals surface area contributed by atoms with Crippen molar-refractivity contribution in [2.45, 2.75) is 43.6 Å². The molecule has 0 aliphatic carbocycles. The third-order valence-corrected chi connectivity index (χ3v) is 5.73. The van der Waals surface area contributed by atoms with E-state index in [1.807, 2.05) is 0 Å². The minimum Gasteiger partial charge on any atom is -0.378 e. The van der Waals surface area contributed by atoms with Crippen LogP contribution in [0.3, 0.4) is 0 Å². The van der Waals surface area contributed by atoms with Gasteiger partial charge >= 0.3 is 0 Å². The fraction of sp³-hybridized carbons (Fsp3) is 0.625. The Bertz CT molecular complexity index is 397. The van der Waals surface area contributed by atoms with Gasteiger partial charge in [0.25, 0.3) is 0 Å². The van der Waals surface area contributed by atoms with Crippen molar-refractivity contribution in [3.05, 3.63) is 34.3 Å². The summed E-state index contributed by atoms with van der Waals surface area (Å²) < 4.78 is 6.77. The summed E-state index contributed by atoms with van der Waals surface area (Å²) in [6.07, 6.45) is 6.09. The molecule has 1 atom stereocenters. The van der Waals surface area contributed by atoms with Crippen molar-refractivity contribution in [2.24, 2.45) is 0 Å². The normalized spacial score (nSPS) is 19.4. The highest BCUT2D eigenvalue weighted by atomic mass is 79.9. The topological polar surface area (TPSA) is 9.23 Å². The van der Waals surface area contributed by atoms with E-state index in [-0.39, 0.29) is 5.41 Å². The lowest BCUT2D eigenvalue weighted by Crippen LogP contribution is -2.31. The van der Waals surface area contributed by atoms with Crippen molar-refractivity contribution < 1.29 is 4.74 Å². The van der Waals surface area contributed by atoms with Gasteiger partial charge in [0.2, 0.25) is 0 Å². The molecule has 4 heteroatoms. The quantitative estimate of drug-likeness (QED) is 0.567. The average molecular weight is 380 g/mol. The second-order valence-electron chi connectivity index (χ2n) is 5.58. The summed E-state index contributed by atoms with van der Waals surface area (Å²) in [5.41, 5.74) is 1.11. The largest absolute Gasteiger partial charge is 0.378 e. The zero-order valence-electron chi connectivity index (χ0n) is 11.6. The van der Waals surface area contributed by atoms with Gasteiger partial charge in [0.05, 0.1) is 6.10 Å². The van der Waals surface area contributed by atoms with Crippen LogP contribution in [0.15, 0.2) is 28.7 Å². The van der Waals surface area contributed by atoms with Gasteiger partial charge in [0, 0.05) is 28.3 Å². The third-order valence-electron chi connectivity index (χ3n) is 4.17. The summed E-state index contributed by atoms with van der Waals surface area (Å²) in [6.45, 7) is 0.924. The molecule has 1 unspecified atom stereocenters.